The van der Waals surface area contributed by atoms with Crippen LogP contribution in [0.1, 0.15) is 218 Å². The summed E-state index contributed by atoms with van der Waals surface area (Å²) in [6, 6.07) is -4.18. The van der Waals surface area contributed by atoms with E-state index in [2.05, 4.69) is 5.32 Å². The van der Waals surface area contributed by atoms with Gasteiger partial charge in [-0.2, -0.15) is 0 Å². The number of nitrogens with one attached hydrogen (secondary N) is 1. The molecule has 0 saturated carbocycles. The quantitative estimate of drug-likeness (QED) is 0.0404. The summed E-state index contributed by atoms with van der Waals surface area (Å²) in [6.07, 6.45) is -4.83. The van der Waals surface area contributed by atoms with Crippen LogP contribution in [-0.4, -0.2) is 422 Å². The molecule has 15 atom stereocenters. The average Bonchev–Trinajstić information content (AvgIpc) is 0.850. The van der Waals surface area contributed by atoms with Gasteiger partial charge in [-0.25, -0.2) is 0 Å². The van der Waals surface area contributed by atoms with E-state index in [0.29, 0.717) is 38.6 Å². The Morgan fingerprint density at radius 3 is 0.513 bits per heavy atom. The maximum Gasteiger partial charge on any atom is 0.242 e. The van der Waals surface area contributed by atoms with Crippen molar-refractivity contribution in [2.24, 2.45) is 0 Å². The van der Waals surface area contributed by atoms with Crippen LogP contribution >= 0.6 is 0 Å². The summed E-state index contributed by atoms with van der Waals surface area (Å²) in [5.74, 6) is -9.71. The van der Waals surface area contributed by atoms with Crippen LogP contribution in [0.4, 0.5) is 0 Å². The van der Waals surface area contributed by atoms with Crippen molar-refractivity contribution in [1.82, 2.24) is 73.9 Å². The molecule has 0 aliphatic carbocycles. The zero-order valence-corrected chi connectivity index (χ0v) is 76.5. The second-order valence-electron chi connectivity index (χ2n) is 32.6. The molecule has 0 aromatic rings. The number of amides is 14. The lowest BCUT2D eigenvalue weighted by Gasteiger charge is -2.37. The van der Waals surface area contributed by atoms with E-state index in [0.717, 1.165) is 29.4 Å². The first kappa shape index (κ1) is 111. The Labute approximate surface area is 709 Å². The van der Waals surface area contributed by atoms with E-state index in [1.165, 1.54) is 75.8 Å². The fourth-order valence-electron chi connectivity index (χ4n) is 13.1. The van der Waals surface area contributed by atoms with E-state index >= 15 is 0 Å². The number of likely N-dealkylation sites (N-methyl/N-ethyl adjacent to an activating group) is 1. The van der Waals surface area contributed by atoms with Gasteiger partial charge in [0.15, 0.2) is 0 Å². The summed E-state index contributed by atoms with van der Waals surface area (Å²) in [5.41, 5.74) is 0. The fraction of sp³-hybridized carbons (Fsp3) is 0.831. The maximum atomic E-state index is 14.8. The molecule has 0 aromatic heterocycles. The molecule has 0 aliphatic rings. The molecule has 0 fully saturated rings. The highest BCUT2D eigenvalue weighted by atomic mass is 16.3. The highest BCUT2D eigenvalue weighted by molar-refractivity contribution is 5.96. The number of carbonyl (C=O) groups is 14. The molecule has 0 radical (unpaired) electrons. The van der Waals surface area contributed by atoms with E-state index in [1.54, 1.807) is 94.9 Å². The molecule has 36 heteroatoms. The van der Waals surface area contributed by atoms with Gasteiger partial charge in [-0.1, -0.05) is 55.4 Å². The maximum absolute atomic E-state index is 14.8. The minimum absolute atomic E-state index is 0.102. The predicted molar refractivity (Wildman–Crippen MR) is 452 cm³/mol. The first-order valence-electron chi connectivity index (χ1n) is 43.0. The Balaban J connectivity index is 7.27. The van der Waals surface area contributed by atoms with Gasteiger partial charge < -0.3 is 110 Å². The molecule has 0 aromatic carbocycles. The second-order valence-corrected chi connectivity index (χ2v) is 32.6. The molecular formula is C83H155N15O21. The minimum atomic E-state index is -1.27. The molecule has 15 unspecified atom stereocenters. The van der Waals surface area contributed by atoms with Crippen molar-refractivity contribution in [2.45, 2.75) is 309 Å². The lowest BCUT2D eigenvalue weighted by atomic mass is 10.1. The van der Waals surface area contributed by atoms with Gasteiger partial charge in [-0.15, -0.1) is 0 Å². The Morgan fingerprint density at radius 2 is 0.345 bits per heavy atom. The molecular weight excluding hydrogens is 1540 g/mol. The first-order valence-corrected chi connectivity index (χ1v) is 43.0. The van der Waals surface area contributed by atoms with Crippen LogP contribution in [0.3, 0.4) is 0 Å². The summed E-state index contributed by atoms with van der Waals surface area (Å²) < 4.78 is 0. The number of rotatable bonds is 59. The zero-order chi connectivity index (χ0) is 91.7. The molecule has 0 aliphatic heterocycles. The third-order valence-electron chi connectivity index (χ3n) is 21.7. The lowest BCUT2D eigenvalue weighted by molar-refractivity contribution is -0.152. The van der Waals surface area contributed by atoms with Gasteiger partial charge in [0.1, 0.15) is 45.8 Å². The van der Waals surface area contributed by atoms with Crippen molar-refractivity contribution in [3.63, 3.8) is 0 Å². The van der Waals surface area contributed by atoms with Gasteiger partial charge in [0.25, 0.3) is 0 Å². The highest BCUT2D eigenvalue weighted by Gasteiger charge is 2.39. The van der Waals surface area contributed by atoms with Crippen LogP contribution in [0.5, 0.6) is 0 Å². The molecule has 0 rings (SSSR count). The largest absolute Gasteiger partial charge is 0.392 e. The Hall–Kier alpha value is -7.74. The number of nitrogens with zero attached hydrogens (tertiary/aromatic N) is 14. The van der Waals surface area contributed by atoms with Crippen molar-refractivity contribution in [2.75, 3.05) is 144 Å². The normalized spacial score (nSPS) is 15.2. The SMILES string of the molecule is CCC(C)N(CC)C(=O)CN(C(=O)CN(CC(C)O)C(=O)CN(CC(C)O)C(=O)CN(C(=O)CN(C(=O)CN(CC(C)O)C(=O)CN(CC(C)O)C(=O)CN(C(=O)CN(C(=O)CN(CC(C)O)C(=O)CN(CC(C)O)C(=O)CN(C(=O)CN(C(=O)CNCC(C)O)C(C)CC)C(C)CC)C(C)CC)C(C)CC)C(C)CC)C(C)CC)C(C)CC. The lowest BCUT2D eigenvalue weighted by Crippen LogP contribution is -2.56. The second kappa shape index (κ2) is 56.8. The van der Waals surface area contributed by atoms with Crippen LogP contribution in [0.25, 0.3) is 0 Å². The number of hydrogen-bond acceptors (Lipinski definition) is 22. The Morgan fingerprint density at radius 1 is 0.202 bits per heavy atom. The van der Waals surface area contributed by atoms with Crippen LogP contribution in [0.2, 0.25) is 0 Å². The van der Waals surface area contributed by atoms with E-state index in [1.807, 2.05) is 34.6 Å². The fourth-order valence-corrected chi connectivity index (χ4v) is 13.1. The van der Waals surface area contributed by atoms with Crippen LogP contribution in [0.15, 0.2) is 0 Å². The van der Waals surface area contributed by atoms with E-state index < -0.39 is 267 Å². The summed E-state index contributed by atoms with van der Waals surface area (Å²) in [5, 5.41) is 77.1. The number of aliphatic hydroxyl groups is 7. The Bertz CT molecular complexity index is 3160. The van der Waals surface area contributed by atoms with Crippen LogP contribution in [-0.2, 0) is 67.1 Å². The average molecular weight is 1700 g/mol. The van der Waals surface area contributed by atoms with Crippen molar-refractivity contribution in [1.29, 1.82) is 0 Å². The van der Waals surface area contributed by atoms with Crippen molar-refractivity contribution >= 4 is 82.7 Å². The molecule has 119 heavy (non-hydrogen) atoms. The standard InChI is InChI=1S/C83H155N15O21/c1-25-55(10)91(33-9)80(116)51-96(60(15)30-6)77(113)45-88(39-67(22)103)71(107)42-86(37-65(20)101)75(111)49-94(58(13)28-4)82(118)53-98(62(17)32-8)79(115)47-90(41-69(24)105)73(109)44-87(38-66(21)102)76(112)50-95(59(14)29-5)83(119)54-97(61(16)31-7)78(114)46-89(40-68(23)104)72(108)43-85(36-64(19)100)74(110)48-93(57(12)27-3)81(117)52-92(56(11)26-2)70(106)35-84-34-63(18)99/h55-69,84,99-105H,25-54H2,1-24H3. The third kappa shape index (κ3) is 39.8. The van der Waals surface area contributed by atoms with Gasteiger partial charge in [-0.05, 0) is 162 Å². The van der Waals surface area contributed by atoms with Gasteiger partial charge >= 0.3 is 0 Å². The van der Waals surface area contributed by atoms with E-state index in [9.17, 15) is 103 Å². The Kier molecular flexibility index (Phi) is 53.1. The molecule has 8 N–H and O–H groups in total. The van der Waals surface area contributed by atoms with E-state index in [4.69, 9.17) is 0 Å². The number of hydrogen-bond donors (Lipinski definition) is 8. The molecule has 688 valence electrons. The summed E-state index contributed by atoms with van der Waals surface area (Å²) in [4.78, 5) is 219. The summed E-state index contributed by atoms with van der Waals surface area (Å²) in [6.45, 7) is 29.7. The zero-order valence-electron chi connectivity index (χ0n) is 76.5. The summed E-state index contributed by atoms with van der Waals surface area (Å²) in [7, 11) is 0. The number of carbonyl (C=O) groups excluding carboxylic acids is 14. The molecule has 0 heterocycles. The smallest absolute Gasteiger partial charge is 0.242 e. The molecule has 0 spiro atoms. The van der Waals surface area contributed by atoms with E-state index in [-0.39, 0.29) is 63.4 Å². The van der Waals surface area contributed by atoms with Gasteiger partial charge in [0.2, 0.25) is 82.7 Å². The molecule has 0 bridgehead atoms. The van der Waals surface area contributed by atoms with Crippen LogP contribution in [0, 0.1) is 0 Å². The molecule has 0 saturated heterocycles. The van der Waals surface area contributed by atoms with Crippen LogP contribution < -0.4 is 5.32 Å². The molecule has 14 amide bonds. The predicted octanol–water partition coefficient (Wildman–Crippen LogP) is 0.250. The van der Waals surface area contributed by atoms with Crippen molar-refractivity contribution in [3.8, 4) is 0 Å². The minimum Gasteiger partial charge on any atom is -0.392 e. The van der Waals surface area contributed by atoms with Gasteiger partial charge in [-0.3, -0.25) is 67.1 Å². The highest BCUT2D eigenvalue weighted by Crippen LogP contribution is 2.19. The van der Waals surface area contributed by atoms with Crippen molar-refractivity contribution in [3.05, 3.63) is 0 Å². The first-order chi connectivity index (χ1) is 55.5. The van der Waals surface area contributed by atoms with Gasteiger partial charge in [0, 0.05) is 101 Å². The van der Waals surface area contributed by atoms with Gasteiger partial charge in [0.05, 0.1) is 88.5 Å². The molecule has 36 nitrogen and oxygen atoms in total. The number of aliphatic hydroxyl groups excluding tert-OH is 7. The van der Waals surface area contributed by atoms with Crippen molar-refractivity contribution < 1.29 is 103 Å². The summed E-state index contributed by atoms with van der Waals surface area (Å²) >= 11 is 0. The third-order valence-corrected chi connectivity index (χ3v) is 21.7. The topological polar surface area (TPSA) is 438 Å². The monoisotopic (exact) mass is 1700 g/mol.